The number of Topliss-reactive ketones (excluding diaryl/α,β-unsaturated/α-hetero) is 1. The average Bonchev–Trinajstić information content (AvgIpc) is 2.74. The third-order valence-corrected chi connectivity index (χ3v) is 4.91. The molecule has 0 saturated heterocycles. The molecule has 0 fully saturated rings. The Morgan fingerprint density at radius 1 is 1.14 bits per heavy atom. The monoisotopic (exact) mass is 395 g/mol. The van der Waals surface area contributed by atoms with Gasteiger partial charge in [-0.3, -0.25) is 9.59 Å². The van der Waals surface area contributed by atoms with Crippen molar-refractivity contribution in [2.24, 2.45) is 0 Å². The van der Waals surface area contributed by atoms with Gasteiger partial charge in [0.25, 0.3) is 5.91 Å². The molecule has 2 aromatic carbocycles. The minimum Gasteiger partial charge on any atom is -0.505 e. The molecule has 2 atom stereocenters. The Labute approximate surface area is 169 Å². The molecule has 1 aliphatic carbocycles. The van der Waals surface area contributed by atoms with Crippen LogP contribution in [0.4, 0.5) is 5.69 Å². The van der Waals surface area contributed by atoms with Crippen LogP contribution in [-0.2, 0) is 4.79 Å². The number of ketones is 1. The molecule has 1 unspecified atom stereocenters. The molecule has 2 aromatic rings. The quantitative estimate of drug-likeness (QED) is 0.537. The first-order chi connectivity index (χ1) is 13.8. The molecule has 7 nitrogen and oxygen atoms in total. The van der Waals surface area contributed by atoms with E-state index in [0.29, 0.717) is 0 Å². The summed E-state index contributed by atoms with van der Waals surface area (Å²) in [4.78, 5) is 25.8. The molecule has 0 aromatic heterocycles. The molecule has 0 aliphatic heterocycles. The summed E-state index contributed by atoms with van der Waals surface area (Å²) in [7, 11) is 3.19. The molecular formula is C22H25N3O4. The van der Waals surface area contributed by atoms with Crippen molar-refractivity contribution >= 4 is 17.4 Å². The van der Waals surface area contributed by atoms with Crippen LogP contribution in [0.3, 0.4) is 0 Å². The molecule has 29 heavy (non-hydrogen) atoms. The highest BCUT2D eigenvalue weighted by Crippen LogP contribution is 2.34. The van der Waals surface area contributed by atoms with Crippen LogP contribution >= 0.6 is 0 Å². The van der Waals surface area contributed by atoms with Crippen LogP contribution in [0, 0.1) is 0 Å². The smallest absolute Gasteiger partial charge is 0.257 e. The number of amides is 1. The summed E-state index contributed by atoms with van der Waals surface area (Å²) in [6.45, 7) is 2.00. The minimum atomic E-state index is -1.31. The van der Waals surface area contributed by atoms with Crippen molar-refractivity contribution in [1.82, 2.24) is 10.2 Å². The van der Waals surface area contributed by atoms with Crippen LogP contribution in [0.25, 0.3) is 0 Å². The molecule has 1 aliphatic rings. The number of carbonyl (C=O) groups excluding carboxylic acids is 2. The molecule has 0 heterocycles. The van der Waals surface area contributed by atoms with Gasteiger partial charge in [-0.1, -0.05) is 43.3 Å². The lowest BCUT2D eigenvalue weighted by atomic mass is 9.92. The number of hydrogen-bond acceptors (Lipinski definition) is 6. The van der Waals surface area contributed by atoms with Crippen LogP contribution in [0.2, 0.25) is 0 Å². The van der Waals surface area contributed by atoms with E-state index in [2.05, 4.69) is 10.6 Å². The highest BCUT2D eigenvalue weighted by molar-refractivity contribution is 6.09. The van der Waals surface area contributed by atoms with Gasteiger partial charge in [-0.2, -0.15) is 0 Å². The third-order valence-electron chi connectivity index (χ3n) is 4.91. The summed E-state index contributed by atoms with van der Waals surface area (Å²) in [5, 5.41) is 26.8. The normalized spacial score (nSPS) is 16.8. The van der Waals surface area contributed by atoms with Gasteiger partial charge in [0.2, 0.25) is 5.78 Å². The van der Waals surface area contributed by atoms with E-state index in [0.717, 1.165) is 12.0 Å². The maximum Gasteiger partial charge on any atom is 0.257 e. The number of phenolic OH excluding ortho intramolecular Hbond substituents is 1. The Balaban J connectivity index is 1.89. The fraction of sp³-hybridized carbons (Fsp3) is 0.273. The zero-order valence-corrected chi connectivity index (χ0v) is 16.6. The average molecular weight is 395 g/mol. The van der Waals surface area contributed by atoms with Crippen molar-refractivity contribution in [3.8, 4) is 5.75 Å². The number of carbonyl (C=O) groups is 2. The molecule has 152 valence electrons. The molecule has 0 bridgehead atoms. The lowest BCUT2D eigenvalue weighted by Crippen LogP contribution is -2.46. The van der Waals surface area contributed by atoms with Crippen molar-refractivity contribution in [2.45, 2.75) is 25.5 Å². The van der Waals surface area contributed by atoms with Crippen LogP contribution in [0.5, 0.6) is 5.75 Å². The van der Waals surface area contributed by atoms with Gasteiger partial charge in [0.15, 0.2) is 11.9 Å². The summed E-state index contributed by atoms with van der Waals surface area (Å²) < 4.78 is 0. The zero-order chi connectivity index (χ0) is 21.1. The second kappa shape index (κ2) is 8.36. The van der Waals surface area contributed by atoms with Crippen molar-refractivity contribution in [1.29, 1.82) is 0 Å². The van der Waals surface area contributed by atoms with Crippen molar-refractivity contribution in [3.63, 3.8) is 0 Å². The summed E-state index contributed by atoms with van der Waals surface area (Å²) >= 11 is 0. The van der Waals surface area contributed by atoms with Gasteiger partial charge in [-0.05, 0) is 24.1 Å². The number of aliphatic hydroxyl groups excluding tert-OH is 1. The fourth-order valence-electron chi connectivity index (χ4n) is 3.22. The van der Waals surface area contributed by atoms with Crippen molar-refractivity contribution in [3.05, 3.63) is 71.1 Å². The lowest BCUT2D eigenvalue weighted by molar-refractivity contribution is -0.125. The SMILES string of the molecule is CC[C@@H](NC1=C(Nc2cccc(C(=O)N(C)C)c2O)C(O)C1=O)c1ccccc1. The van der Waals surface area contributed by atoms with Crippen LogP contribution in [0.15, 0.2) is 59.9 Å². The minimum absolute atomic E-state index is 0.102. The molecule has 0 radical (unpaired) electrons. The van der Waals surface area contributed by atoms with Gasteiger partial charge in [-0.15, -0.1) is 0 Å². The molecule has 1 amide bonds. The molecule has 0 spiro atoms. The number of aromatic hydroxyl groups is 1. The Kier molecular flexibility index (Phi) is 5.89. The van der Waals surface area contributed by atoms with E-state index in [1.54, 1.807) is 26.2 Å². The maximum absolute atomic E-state index is 12.3. The first kappa shape index (κ1) is 20.4. The Bertz CT molecular complexity index is 954. The van der Waals surface area contributed by atoms with E-state index in [4.69, 9.17) is 0 Å². The number of nitrogens with one attached hydrogen (secondary N) is 2. The second-order valence-corrected chi connectivity index (χ2v) is 7.10. The van der Waals surface area contributed by atoms with E-state index in [1.807, 2.05) is 37.3 Å². The first-order valence-electron chi connectivity index (χ1n) is 9.43. The van der Waals surface area contributed by atoms with E-state index in [9.17, 15) is 19.8 Å². The number of benzene rings is 2. The molecule has 3 rings (SSSR count). The number of rotatable bonds is 7. The zero-order valence-electron chi connectivity index (χ0n) is 16.6. The second-order valence-electron chi connectivity index (χ2n) is 7.10. The summed E-state index contributed by atoms with van der Waals surface area (Å²) in [5.74, 6) is -1.000. The number of anilines is 1. The van der Waals surface area contributed by atoms with Crippen LogP contribution < -0.4 is 10.6 Å². The predicted molar refractivity (Wildman–Crippen MR) is 110 cm³/mol. The van der Waals surface area contributed by atoms with E-state index in [-0.39, 0.29) is 40.3 Å². The Morgan fingerprint density at radius 2 is 1.83 bits per heavy atom. The topological polar surface area (TPSA) is 102 Å². The maximum atomic E-state index is 12.3. The molecule has 0 saturated carbocycles. The number of aliphatic hydroxyl groups is 1. The fourth-order valence-corrected chi connectivity index (χ4v) is 3.22. The number of para-hydroxylation sites is 1. The van der Waals surface area contributed by atoms with E-state index >= 15 is 0 Å². The molecule has 4 N–H and O–H groups in total. The first-order valence-corrected chi connectivity index (χ1v) is 9.43. The largest absolute Gasteiger partial charge is 0.505 e. The number of nitrogens with zero attached hydrogens (tertiary/aromatic N) is 1. The molecule has 7 heteroatoms. The standard InChI is InChI=1S/C22H25N3O4/c1-4-15(13-9-6-5-7-10-13)23-17-18(21(28)20(17)27)24-16-12-8-11-14(19(16)26)22(29)25(2)3/h5-12,15,21,23-24,26,28H,4H2,1-3H3/t15-,21?/m1/s1. The Hall–Kier alpha value is -3.32. The highest BCUT2D eigenvalue weighted by atomic mass is 16.3. The predicted octanol–water partition coefficient (Wildman–Crippen LogP) is 2.40. The van der Waals surface area contributed by atoms with Gasteiger partial charge in [0.1, 0.15) is 5.70 Å². The summed E-state index contributed by atoms with van der Waals surface area (Å²) in [6, 6.07) is 14.3. The van der Waals surface area contributed by atoms with Gasteiger partial charge in [-0.25, -0.2) is 0 Å². The highest BCUT2D eigenvalue weighted by Gasteiger charge is 2.39. The summed E-state index contributed by atoms with van der Waals surface area (Å²) in [6.07, 6.45) is -0.569. The van der Waals surface area contributed by atoms with E-state index < -0.39 is 11.9 Å². The Morgan fingerprint density at radius 3 is 2.45 bits per heavy atom. The van der Waals surface area contributed by atoms with Gasteiger partial charge < -0.3 is 25.7 Å². The van der Waals surface area contributed by atoms with Crippen LogP contribution in [-0.4, -0.2) is 47.0 Å². The molecular weight excluding hydrogens is 370 g/mol. The van der Waals surface area contributed by atoms with Gasteiger partial charge in [0, 0.05) is 14.1 Å². The third kappa shape index (κ3) is 3.95. The van der Waals surface area contributed by atoms with Crippen LogP contribution in [0.1, 0.15) is 35.3 Å². The van der Waals surface area contributed by atoms with Crippen molar-refractivity contribution in [2.75, 3.05) is 19.4 Å². The van der Waals surface area contributed by atoms with Gasteiger partial charge in [0.05, 0.1) is 23.0 Å². The number of phenols is 1. The number of hydrogen-bond donors (Lipinski definition) is 4. The summed E-state index contributed by atoms with van der Waals surface area (Å²) in [5.41, 5.74) is 1.95. The van der Waals surface area contributed by atoms with E-state index in [1.165, 1.54) is 11.0 Å². The van der Waals surface area contributed by atoms with Gasteiger partial charge >= 0.3 is 0 Å². The lowest BCUT2D eigenvalue weighted by Gasteiger charge is -2.32. The van der Waals surface area contributed by atoms with Crippen molar-refractivity contribution < 1.29 is 19.8 Å².